The number of aromatic nitrogens is 3. The number of fused-ring (bicyclic) bond motifs is 1. The van der Waals surface area contributed by atoms with Gasteiger partial charge in [0.25, 0.3) is 0 Å². The maximum atomic E-state index is 14.2. The van der Waals surface area contributed by atoms with Crippen LogP contribution in [0, 0.1) is 5.92 Å². The van der Waals surface area contributed by atoms with E-state index in [9.17, 15) is 9.59 Å². The van der Waals surface area contributed by atoms with E-state index in [0.29, 0.717) is 52.0 Å². The van der Waals surface area contributed by atoms with Gasteiger partial charge in [-0.15, -0.1) is 5.10 Å². The molecule has 0 aliphatic carbocycles. The van der Waals surface area contributed by atoms with Crippen LogP contribution < -0.4 is 24.4 Å². The molecule has 2 amide bonds. The van der Waals surface area contributed by atoms with E-state index in [1.54, 1.807) is 56.7 Å². The molecule has 3 aromatic carbocycles. The van der Waals surface area contributed by atoms with Crippen LogP contribution in [-0.4, -0.2) is 54.7 Å². The molecule has 0 aliphatic rings. The summed E-state index contributed by atoms with van der Waals surface area (Å²) in [6.07, 6.45) is 0.791. The second-order valence-corrected chi connectivity index (χ2v) is 9.68. The lowest BCUT2D eigenvalue weighted by molar-refractivity contribution is -0.127. The number of benzene rings is 3. The van der Waals surface area contributed by atoms with Gasteiger partial charge in [0, 0.05) is 23.9 Å². The van der Waals surface area contributed by atoms with Gasteiger partial charge >= 0.3 is 0 Å². The van der Waals surface area contributed by atoms with Crippen molar-refractivity contribution in [2.24, 2.45) is 5.92 Å². The van der Waals surface area contributed by atoms with Crippen molar-refractivity contribution in [3.8, 4) is 17.2 Å². The summed E-state index contributed by atoms with van der Waals surface area (Å²) in [5.41, 5.74) is 2.41. The van der Waals surface area contributed by atoms with Crippen LogP contribution in [0.25, 0.3) is 11.0 Å². The van der Waals surface area contributed by atoms with Gasteiger partial charge in [0.05, 0.1) is 26.8 Å². The second-order valence-electron chi connectivity index (χ2n) is 9.68. The van der Waals surface area contributed by atoms with Crippen molar-refractivity contribution in [3.63, 3.8) is 0 Å². The Labute approximate surface area is 233 Å². The molecule has 4 aromatic rings. The van der Waals surface area contributed by atoms with Gasteiger partial charge < -0.3 is 19.5 Å². The number of amides is 2. The zero-order chi connectivity index (χ0) is 28.6. The molecule has 40 heavy (non-hydrogen) atoms. The lowest BCUT2D eigenvalue weighted by Gasteiger charge is -2.32. The molecule has 4 rings (SSSR count). The highest BCUT2D eigenvalue weighted by molar-refractivity contribution is 6.02. The number of para-hydroxylation sites is 1. The third-order valence-electron chi connectivity index (χ3n) is 6.59. The van der Waals surface area contributed by atoms with Gasteiger partial charge in [0.2, 0.25) is 11.8 Å². The molecule has 0 saturated carbocycles. The van der Waals surface area contributed by atoms with Gasteiger partial charge in [-0.3, -0.25) is 14.5 Å². The fourth-order valence-electron chi connectivity index (χ4n) is 4.44. The van der Waals surface area contributed by atoms with Crippen LogP contribution >= 0.6 is 0 Å². The number of nitrogens with zero attached hydrogens (tertiary/aromatic N) is 4. The van der Waals surface area contributed by atoms with Crippen LogP contribution in [0.4, 0.5) is 5.69 Å². The molecular weight excluding hydrogens is 510 g/mol. The largest absolute Gasteiger partial charge is 0.497 e. The quantitative estimate of drug-likeness (QED) is 0.281. The lowest BCUT2D eigenvalue weighted by atomic mass is 10.0. The van der Waals surface area contributed by atoms with E-state index in [2.05, 4.69) is 29.5 Å². The molecule has 1 aromatic heterocycles. The molecule has 0 spiro atoms. The van der Waals surface area contributed by atoms with Crippen molar-refractivity contribution in [1.29, 1.82) is 0 Å². The Kier molecular flexibility index (Phi) is 9.21. The van der Waals surface area contributed by atoms with E-state index in [-0.39, 0.29) is 18.4 Å². The standard InChI is InChI=1S/C30H35N5O5/c1-20(2)16-17-31-30(37)29(24-15-14-23(39-4)18-27(24)40-5)35(21-10-12-22(38-3)13-11-21)28(36)19-34-26-9-7-6-8-25(26)32-33-34/h6-15,18,20,29H,16-17,19H2,1-5H3,(H,31,37)/t29-/m1/s1. The second kappa shape index (κ2) is 13.0. The summed E-state index contributed by atoms with van der Waals surface area (Å²) in [4.78, 5) is 29.6. The lowest BCUT2D eigenvalue weighted by Crippen LogP contribution is -2.45. The van der Waals surface area contributed by atoms with E-state index < -0.39 is 6.04 Å². The Balaban J connectivity index is 1.83. The molecular formula is C30H35N5O5. The number of carbonyl (C=O) groups excluding carboxylic acids is 2. The van der Waals surface area contributed by atoms with Gasteiger partial charge in [-0.2, -0.15) is 0 Å². The summed E-state index contributed by atoms with van der Waals surface area (Å²) in [5.74, 6) is 1.31. The van der Waals surface area contributed by atoms with Crippen LogP contribution in [0.1, 0.15) is 31.9 Å². The third-order valence-corrected chi connectivity index (χ3v) is 6.59. The van der Waals surface area contributed by atoms with Gasteiger partial charge in [-0.25, -0.2) is 4.68 Å². The number of rotatable bonds is 12. The monoisotopic (exact) mass is 545 g/mol. The Morgan fingerprint density at radius 3 is 2.30 bits per heavy atom. The van der Waals surface area contributed by atoms with Gasteiger partial charge in [0.1, 0.15) is 35.4 Å². The number of anilines is 1. The van der Waals surface area contributed by atoms with Crippen molar-refractivity contribution in [3.05, 3.63) is 72.3 Å². The van der Waals surface area contributed by atoms with Crippen molar-refractivity contribution < 1.29 is 23.8 Å². The van der Waals surface area contributed by atoms with Crippen molar-refractivity contribution in [2.45, 2.75) is 32.9 Å². The third kappa shape index (κ3) is 6.33. The number of nitrogens with one attached hydrogen (secondary N) is 1. The number of ether oxygens (including phenoxy) is 3. The van der Waals surface area contributed by atoms with E-state index >= 15 is 0 Å². The molecule has 0 radical (unpaired) electrons. The molecule has 0 fully saturated rings. The zero-order valence-corrected chi connectivity index (χ0v) is 23.5. The number of hydrogen-bond acceptors (Lipinski definition) is 7. The summed E-state index contributed by atoms with van der Waals surface area (Å²) in [5, 5.41) is 11.4. The minimum absolute atomic E-state index is 0.138. The molecule has 10 nitrogen and oxygen atoms in total. The normalized spacial score (nSPS) is 11.8. The summed E-state index contributed by atoms with van der Waals surface area (Å²) in [6.45, 7) is 4.50. The molecule has 0 saturated heterocycles. The molecule has 0 aliphatic heterocycles. The van der Waals surface area contributed by atoms with Crippen LogP contribution in [0.3, 0.4) is 0 Å². The highest BCUT2D eigenvalue weighted by atomic mass is 16.5. The first-order valence-electron chi connectivity index (χ1n) is 13.1. The van der Waals surface area contributed by atoms with Gasteiger partial charge in [-0.05, 0) is 60.9 Å². The van der Waals surface area contributed by atoms with E-state index in [1.165, 1.54) is 16.7 Å². The first-order chi connectivity index (χ1) is 19.4. The molecule has 210 valence electrons. The van der Waals surface area contributed by atoms with Crippen LogP contribution in [0.15, 0.2) is 66.7 Å². The van der Waals surface area contributed by atoms with Crippen molar-refractivity contribution >= 4 is 28.5 Å². The zero-order valence-electron chi connectivity index (χ0n) is 23.5. The maximum Gasteiger partial charge on any atom is 0.249 e. The number of methoxy groups -OCH3 is 3. The minimum Gasteiger partial charge on any atom is -0.497 e. The maximum absolute atomic E-state index is 14.2. The molecule has 10 heteroatoms. The van der Waals surface area contributed by atoms with E-state index in [4.69, 9.17) is 14.2 Å². The first-order valence-corrected chi connectivity index (χ1v) is 13.1. The Morgan fingerprint density at radius 2 is 1.62 bits per heavy atom. The summed E-state index contributed by atoms with van der Waals surface area (Å²) < 4.78 is 17.9. The van der Waals surface area contributed by atoms with E-state index in [1.807, 2.05) is 24.3 Å². The molecule has 1 atom stereocenters. The Morgan fingerprint density at radius 1 is 0.925 bits per heavy atom. The Bertz CT molecular complexity index is 1450. The van der Waals surface area contributed by atoms with Crippen LogP contribution in [0.5, 0.6) is 17.2 Å². The minimum atomic E-state index is -1.05. The van der Waals surface area contributed by atoms with Crippen molar-refractivity contribution in [1.82, 2.24) is 20.3 Å². The highest BCUT2D eigenvalue weighted by Gasteiger charge is 2.35. The predicted octanol–water partition coefficient (Wildman–Crippen LogP) is 4.39. The molecule has 1 heterocycles. The smallest absolute Gasteiger partial charge is 0.249 e. The van der Waals surface area contributed by atoms with Crippen LogP contribution in [0.2, 0.25) is 0 Å². The molecule has 0 bridgehead atoms. The number of carbonyl (C=O) groups is 2. The summed E-state index contributed by atoms with van der Waals surface area (Å²) in [7, 11) is 4.65. The first kappa shape index (κ1) is 28.4. The predicted molar refractivity (Wildman–Crippen MR) is 153 cm³/mol. The average Bonchev–Trinajstić information content (AvgIpc) is 3.37. The summed E-state index contributed by atoms with van der Waals surface area (Å²) >= 11 is 0. The van der Waals surface area contributed by atoms with Gasteiger partial charge in [0.15, 0.2) is 0 Å². The van der Waals surface area contributed by atoms with E-state index in [0.717, 1.165) is 6.42 Å². The Hall–Kier alpha value is -4.60. The summed E-state index contributed by atoms with van der Waals surface area (Å²) in [6, 6.07) is 18.5. The molecule has 1 N–H and O–H groups in total. The fourth-order valence-corrected chi connectivity index (χ4v) is 4.44. The highest BCUT2D eigenvalue weighted by Crippen LogP contribution is 2.36. The number of hydrogen-bond donors (Lipinski definition) is 1. The molecule has 0 unspecified atom stereocenters. The fraction of sp³-hybridized carbons (Fsp3) is 0.333. The SMILES string of the molecule is COc1ccc(N(C(=O)Cn2nnc3ccccc32)[C@@H](C(=O)NCCC(C)C)c2ccc(OC)cc2OC)cc1. The average molecular weight is 546 g/mol. The van der Waals surface area contributed by atoms with Crippen molar-refractivity contribution in [2.75, 3.05) is 32.8 Å². The van der Waals surface area contributed by atoms with Crippen LogP contribution in [-0.2, 0) is 16.1 Å². The van der Waals surface area contributed by atoms with Gasteiger partial charge in [-0.1, -0.05) is 31.2 Å². The topological polar surface area (TPSA) is 108 Å².